The smallest absolute Gasteiger partial charge is 0.0453 e. The zero-order valence-corrected chi connectivity index (χ0v) is 13.4. The number of halogens is 1. The van der Waals surface area contributed by atoms with Gasteiger partial charge < -0.3 is 5.32 Å². The van der Waals surface area contributed by atoms with Gasteiger partial charge in [0.15, 0.2) is 0 Å². The van der Waals surface area contributed by atoms with E-state index < -0.39 is 0 Å². The Bertz CT molecular complexity index is 581. The Morgan fingerprint density at radius 3 is 2.20 bits per heavy atom. The van der Waals surface area contributed by atoms with Gasteiger partial charge in [0.25, 0.3) is 0 Å². The lowest BCUT2D eigenvalue weighted by Crippen LogP contribution is -2.20. The topological polar surface area (TPSA) is 12.0 Å². The fourth-order valence-corrected chi connectivity index (χ4v) is 3.13. The summed E-state index contributed by atoms with van der Waals surface area (Å²) >= 11 is 6.33. The second-order valence-electron chi connectivity index (χ2n) is 5.44. The van der Waals surface area contributed by atoms with E-state index in [1.165, 1.54) is 22.3 Å². The zero-order valence-electron chi connectivity index (χ0n) is 12.6. The molecule has 2 rings (SSSR count). The normalized spacial score (nSPS) is 12.4. The third kappa shape index (κ3) is 3.23. The fraction of sp³-hybridized carbons (Fsp3) is 0.333. The maximum atomic E-state index is 6.33. The van der Waals surface area contributed by atoms with Crippen molar-refractivity contribution < 1.29 is 0 Å². The third-order valence-corrected chi connectivity index (χ3v) is 4.22. The summed E-state index contributed by atoms with van der Waals surface area (Å²) in [6.07, 6.45) is 0.957. The van der Waals surface area contributed by atoms with Crippen molar-refractivity contribution in [3.8, 4) is 0 Å². The molecule has 0 aliphatic heterocycles. The van der Waals surface area contributed by atoms with Crippen LogP contribution in [0.3, 0.4) is 0 Å². The monoisotopic (exact) mass is 287 g/mol. The number of nitrogens with one attached hydrogen (secondary N) is 1. The molecule has 0 spiro atoms. The van der Waals surface area contributed by atoms with Crippen molar-refractivity contribution in [2.75, 3.05) is 7.05 Å². The van der Waals surface area contributed by atoms with Gasteiger partial charge in [-0.25, -0.2) is 0 Å². The summed E-state index contributed by atoms with van der Waals surface area (Å²) in [6.45, 7) is 6.52. The van der Waals surface area contributed by atoms with Gasteiger partial charge in [-0.1, -0.05) is 47.5 Å². The van der Waals surface area contributed by atoms with Gasteiger partial charge in [-0.3, -0.25) is 0 Å². The lowest BCUT2D eigenvalue weighted by Gasteiger charge is -2.21. The molecule has 0 fully saturated rings. The van der Waals surface area contributed by atoms with E-state index in [-0.39, 0.29) is 6.04 Å². The van der Waals surface area contributed by atoms with Gasteiger partial charge in [0, 0.05) is 11.1 Å². The summed E-state index contributed by atoms with van der Waals surface area (Å²) in [6, 6.07) is 12.8. The van der Waals surface area contributed by atoms with E-state index in [0.29, 0.717) is 0 Å². The second kappa shape index (κ2) is 6.43. The molecule has 2 aromatic rings. The highest BCUT2D eigenvalue weighted by Gasteiger charge is 2.15. The number of aryl methyl sites for hydroxylation is 3. The molecule has 1 unspecified atom stereocenters. The van der Waals surface area contributed by atoms with Crippen LogP contribution in [0.1, 0.15) is 33.9 Å². The highest BCUT2D eigenvalue weighted by atomic mass is 35.5. The molecular formula is C18H22ClN. The Morgan fingerprint density at radius 2 is 1.65 bits per heavy atom. The van der Waals surface area contributed by atoms with Crippen LogP contribution in [0.15, 0.2) is 36.4 Å². The van der Waals surface area contributed by atoms with E-state index in [9.17, 15) is 0 Å². The van der Waals surface area contributed by atoms with Crippen LogP contribution in [-0.2, 0) is 6.42 Å². The molecule has 1 nitrogen and oxygen atoms in total. The molecule has 0 aliphatic rings. The van der Waals surface area contributed by atoms with Gasteiger partial charge in [-0.05, 0) is 62.6 Å². The van der Waals surface area contributed by atoms with Crippen LogP contribution in [0.5, 0.6) is 0 Å². The molecule has 106 valence electrons. The van der Waals surface area contributed by atoms with E-state index >= 15 is 0 Å². The molecule has 0 amide bonds. The Balaban J connectivity index is 2.35. The first-order chi connectivity index (χ1) is 9.52. The van der Waals surface area contributed by atoms with E-state index in [1.54, 1.807) is 0 Å². The SMILES string of the molecule is CNC(Cc1c(C)cc(C)cc1C)c1ccccc1Cl. The molecule has 0 heterocycles. The quantitative estimate of drug-likeness (QED) is 0.854. The minimum absolute atomic E-state index is 0.240. The highest BCUT2D eigenvalue weighted by molar-refractivity contribution is 6.31. The molecule has 0 saturated carbocycles. The van der Waals surface area contributed by atoms with Crippen molar-refractivity contribution in [2.45, 2.75) is 33.2 Å². The van der Waals surface area contributed by atoms with Gasteiger partial charge in [-0.2, -0.15) is 0 Å². The molecule has 0 radical (unpaired) electrons. The molecule has 0 saturated heterocycles. The molecule has 2 aromatic carbocycles. The van der Waals surface area contributed by atoms with Crippen LogP contribution in [0.4, 0.5) is 0 Å². The van der Waals surface area contributed by atoms with Crippen LogP contribution < -0.4 is 5.32 Å². The van der Waals surface area contributed by atoms with Crippen LogP contribution in [-0.4, -0.2) is 7.05 Å². The van der Waals surface area contributed by atoms with E-state index in [4.69, 9.17) is 11.6 Å². The number of benzene rings is 2. The molecular weight excluding hydrogens is 266 g/mol. The maximum Gasteiger partial charge on any atom is 0.0453 e. The van der Waals surface area contributed by atoms with Crippen molar-refractivity contribution >= 4 is 11.6 Å². The summed E-state index contributed by atoms with van der Waals surface area (Å²) in [5, 5.41) is 4.22. The molecule has 2 heteroatoms. The van der Waals surface area contributed by atoms with Crippen LogP contribution in [0.25, 0.3) is 0 Å². The van der Waals surface area contributed by atoms with Gasteiger partial charge in [0.2, 0.25) is 0 Å². The Hall–Kier alpha value is -1.31. The first-order valence-electron chi connectivity index (χ1n) is 7.01. The lowest BCUT2D eigenvalue weighted by molar-refractivity contribution is 0.589. The van der Waals surface area contributed by atoms with E-state index in [0.717, 1.165) is 17.0 Å². The summed E-state index contributed by atoms with van der Waals surface area (Å²) in [7, 11) is 1.99. The number of likely N-dealkylation sites (N-methyl/N-ethyl adjacent to an activating group) is 1. The summed E-state index contributed by atoms with van der Waals surface area (Å²) in [4.78, 5) is 0. The number of hydrogen-bond donors (Lipinski definition) is 1. The van der Waals surface area contributed by atoms with E-state index in [1.807, 2.05) is 25.2 Å². The lowest BCUT2D eigenvalue weighted by atomic mass is 9.91. The summed E-state index contributed by atoms with van der Waals surface area (Å²) in [5.41, 5.74) is 6.61. The first-order valence-corrected chi connectivity index (χ1v) is 7.39. The standard InChI is InChI=1S/C18H22ClN/c1-12-9-13(2)16(14(3)10-12)11-18(20-4)15-7-5-6-8-17(15)19/h5-10,18,20H,11H2,1-4H3. The van der Waals surface area contributed by atoms with Crippen molar-refractivity contribution in [3.63, 3.8) is 0 Å². The molecule has 0 aromatic heterocycles. The Labute approximate surface area is 127 Å². The number of rotatable bonds is 4. The van der Waals surface area contributed by atoms with E-state index in [2.05, 4.69) is 44.3 Å². The minimum atomic E-state index is 0.240. The van der Waals surface area contributed by atoms with Gasteiger partial charge in [-0.15, -0.1) is 0 Å². The van der Waals surface area contributed by atoms with Crippen LogP contribution in [0, 0.1) is 20.8 Å². The summed E-state index contributed by atoms with van der Waals surface area (Å²) < 4.78 is 0. The highest BCUT2D eigenvalue weighted by Crippen LogP contribution is 2.28. The Morgan fingerprint density at radius 1 is 1.05 bits per heavy atom. The number of hydrogen-bond acceptors (Lipinski definition) is 1. The first kappa shape index (κ1) is 15.1. The molecule has 0 bridgehead atoms. The van der Waals surface area contributed by atoms with Crippen molar-refractivity contribution in [2.24, 2.45) is 0 Å². The third-order valence-electron chi connectivity index (χ3n) is 3.88. The Kier molecular flexibility index (Phi) is 4.85. The largest absolute Gasteiger partial charge is 0.313 e. The van der Waals surface area contributed by atoms with Crippen molar-refractivity contribution in [3.05, 3.63) is 69.2 Å². The van der Waals surface area contributed by atoms with Crippen molar-refractivity contribution in [1.82, 2.24) is 5.32 Å². The summed E-state index contributed by atoms with van der Waals surface area (Å²) in [5.74, 6) is 0. The van der Waals surface area contributed by atoms with Gasteiger partial charge >= 0.3 is 0 Å². The molecule has 1 atom stereocenters. The van der Waals surface area contributed by atoms with Gasteiger partial charge in [0.1, 0.15) is 0 Å². The average Bonchev–Trinajstić information content (AvgIpc) is 2.39. The maximum absolute atomic E-state index is 6.33. The molecule has 20 heavy (non-hydrogen) atoms. The second-order valence-corrected chi connectivity index (χ2v) is 5.85. The molecule has 0 aliphatic carbocycles. The van der Waals surface area contributed by atoms with Crippen LogP contribution in [0.2, 0.25) is 5.02 Å². The van der Waals surface area contributed by atoms with Crippen LogP contribution >= 0.6 is 11.6 Å². The van der Waals surface area contributed by atoms with Gasteiger partial charge in [0.05, 0.1) is 0 Å². The predicted octanol–water partition coefficient (Wildman–Crippen LogP) is 4.77. The minimum Gasteiger partial charge on any atom is -0.313 e. The average molecular weight is 288 g/mol. The molecule has 1 N–H and O–H groups in total. The van der Waals surface area contributed by atoms with Crippen molar-refractivity contribution in [1.29, 1.82) is 0 Å². The predicted molar refractivity (Wildman–Crippen MR) is 87.6 cm³/mol. The zero-order chi connectivity index (χ0) is 14.7. The fourth-order valence-electron chi connectivity index (χ4n) is 2.86.